The van der Waals surface area contributed by atoms with Gasteiger partial charge in [-0.3, -0.25) is 9.69 Å². The first kappa shape index (κ1) is 15.3. The molecule has 1 saturated carbocycles. The Bertz CT molecular complexity index is 826. The Kier molecular flexibility index (Phi) is 3.88. The highest BCUT2D eigenvalue weighted by Crippen LogP contribution is 2.49. The lowest BCUT2D eigenvalue weighted by Crippen LogP contribution is -2.42. The highest BCUT2D eigenvalue weighted by Gasteiger charge is 2.39. The topological polar surface area (TPSA) is 62.5 Å². The van der Waals surface area contributed by atoms with Crippen LogP contribution in [0.5, 0.6) is 0 Å². The molecule has 1 N–H and O–H groups in total. The van der Waals surface area contributed by atoms with E-state index < -0.39 is 0 Å². The van der Waals surface area contributed by atoms with E-state index in [0.29, 0.717) is 11.2 Å². The molecular formula is C16H21N5OS2. The maximum absolute atomic E-state index is 13.0. The average molecular weight is 364 g/mol. The maximum Gasteiger partial charge on any atom is 0.279 e. The lowest BCUT2D eigenvalue weighted by atomic mass is 9.85. The fourth-order valence-electron chi connectivity index (χ4n) is 4.12. The summed E-state index contributed by atoms with van der Waals surface area (Å²) in [4.78, 5) is 21.0. The number of nitrogens with one attached hydrogen (secondary N) is 1. The third-order valence-corrected chi connectivity index (χ3v) is 7.65. The van der Waals surface area contributed by atoms with Crippen LogP contribution in [0.25, 0.3) is 4.96 Å². The summed E-state index contributed by atoms with van der Waals surface area (Å²) in [6.07, 6.45) is 4.86. The molecule has 5 rings (SSSR count). The molecule has 2 aromatic rings. The molecule has 4 heterocycles. The lowest BCUT2D eigenvalue weighted by molar-refractivity contribution is 0.232. The van der Waals surface area contributed by atoms with Crippen LogP contribution in [-0.2, 0) is 6.54 Å². The smallest absolute Gasteiger partial charge is 0.279 e. The van der Waals surface area contributed by atoms with Crippen molar-refractivity contribution in [3.63, 3.8) is 0 Å². The first-order valence-electron chi connectivity index (χ1n) is 8.82. The molecule has 3 aliphatic rings. The van der Waals surface area contributed by atoms with Crippen molar-refractivity contribution in [2.75, 3.05) is 26.2 Å². The number of hydrogen-bond acceptors (Lipinski definition) is 7. The zero-order chi connectivity index (χ0) is 16.1. The van der Waals surface area contributed by atoms with Gasteiger partial charge in [0, 0.05) is 37.3 Å². The van der Waals surface area contributed by atoms with Gasteiger partial charge >= 0.3 is 0 Å². The van der Waals surface area contributed by atoms with E-state index in [4.69, 9.17) is 4.98 Å². The van der Waals surface area contributed by atoms with Gasteiger partial charge in [-0.05, 0) is 12.8 Å². The van der Waals surface area contributed by atoms with Crippen LogP contribution in [0.3, 0.4) is 0 Å². The fraction of sp³-hybridized carbons (Fsp3) is 0.688. The van der Waals surface area contributed by atoms with Crippen molar-refractivity contribution in [1.29, 1.82) is 0 Å². The Hall–Kier alpha value is -0.960. The first-order chi connectivity index (χ1) is 11.8. The van der Waals surface area contributed by atoms with Crippen LogP contribution in [0.2, 0.25) is 0 Å². The molecule has 2 aromatic heterocycles. The quantitative estimate of drug-likeness (QED) is 0.820. The summed E-state index contributed by atoms with van der Waals surface area (Å²) < 4.78 is 1.57. The van der Waals surface area contributed by atoms with Crippen LogP contribution in [0, 0.1) is 0 Å². The van der Waals surface area contributed by atoms with Crippen molar-refractivity contribution in [1.82, 2.24) is 24.8 Å². The molecule has 1 aliphatic carbocycles. The minimum atomic E-state index is 0.0831. The number of aromatic nitrogens is 3. The molecule has 2 unspecified atom stereocenters. The van der Waals surface area contributed by atoms with Gasteiger partial charge in [-0.25, -0.2) is 4.98 Å². The second kappa shape index (κ2) is 6.09. The predicted octanol–water partition coefficient (Wildman–Crippen LogP) is 1.69. The van der Waals surface area contributed by atoms with Crippen LogP contribution in [0.1, 0.15) is 42.2 Å². The Morgan fingerprint density at radius 2 is 2.04 bits per heavy atom. The number of thioether (sulfide) groups is 1. The van der Waals surface area contributed by atoms with E-state index in [2.05, 4.69) is 15.3 Å². The molecule has 128 valence electrons. The first-order valence-corrected chi connectivity index (χ1v) is 10.5. The van der Waals surface area contributed by atoms with Crippen LogP contribution in [-0.4, -0.2) is 50.9 Å². The third kappa shape index (κ3) is 2.51. The SMILES string of the molecule is O=c1c2c(nc3sc(CN4CCNCC4)nn13)SC1CCCCC21. The summed E-state index contributed by atoms with van der Waals surface area (Å²) in [6, 6.07) is 0. The predicted molar refractivity (Wildman–Crippen MR) is 96.1 cm³/mol. The van der Waals surface area contributed by atoms with Crippen molar-refractivity contribution >= 4 is 28.1 Å². The van der Waals surface area contributed by atoms with Crippen LogP contribution in [0.15, 0.2) is 9.82 Å². The van der Waals surface area contributed by atoms with Crippen LogP contribution in [0.4, 0.5) is 0 Å². The fourth-order valence-corrected chi connectivity index (χ4v) is 6.62. The van der Waals surface area contributed by atoms with Crippen LogP contribution < -0.4 is 10.9 Å². The van der Waals surface area contributed by atoms with Crippen molar-refractivity contribution in [2.24, 2.45) is 0 Å². The van der Waals surface area contributed by atoms with E-state index in [0.717, 1.165) is 59.7 Å². The monoisotopic (exact) mass is 363 g/mol. The molecule has 1 saturated heterocycles. The maximum atomic E-state index is 13.0. The minimum Gasteiger partial charge on any atom is -0.314 e. The Morgan fingerprint density at radius 1 is 1.21 bits per heavy atom. The number of hydrogen-bond donors (Lipinski definition) is 1. The minimum absolute atomic E-state index is 0.0831. The summed E-state index contributed by atoms with van der Waals surface area (Å²) in [5.74, 6) is 0.397. The van der Waals surface area contributed by atoms with Gasteiger partial charge < -0.3 is 5.32 Å². The van der Waals surface area contributed by atoms with Gasteiger partial charge in [-0.15, -0.1) is 11.8 Å². The lowest BCUT2D eigenvalue weighted by Gasteiger charge is -2.25. The molecule has 0 amide bonds. The van der Waals surface area contributed by atoms with Crippen molar-refractivity contribution in [2.45, 2.75) is 48.4 Å². The van der Waals surface area contributed by atoms with Gasteiger partial charge in [-0.1, -0.05) is 24.2 Å². The Labute approximate surface area is 148 Å². The molecule has 0 spiro atoms. The van der Waals surface area contributed by atoms with E-state index in [1.54, 1.807) is 15.9 Å². The molecule has 2 fully saturated rings. The molecule has 8 heteroatoms. The molecule has 24 heavy (non-hydrogen) atoms. The second-order valence-corrected chi connectivity index (χ2v) is 9.17. The van der Waals surface area contributed by atoms with E-state index in [1.165, 1.54) is 19.3 Å². The normalized spacial score (nSPS) is 27.3. The van der Waals surface area contributed by atoms with Gasteiger partial charge in [0.1, 0.15) is 10.0 Å². The van der Waals surface area contributed by atoms with E-state index in [-0.39, 0.29) is 5.56 Å². The number of rotatable bonds is 2. The van der Waals surface area contributed by atoms with E-state index in [1.807, 2.05) is 11.8 Å². The molecule has 2 aliphatic heterocycles. The molecule has 6 nitrogen and oxygen atoms in total. The number of fused-ring (bicyclic) bond motifs is 4. The van der Waals surface area contributed by atoms with Crippen molar-refractivity contribution in [3.05, 3.63) is 20.9 Å². The van der Waals surface area contributed by atoms with Crippen molar-refractivity contribution in [3.8, 4) is 0 Å². The standard InChI is InChI=1S/C16H21N5OS2/c22-15-13-10-3-1-2-4-11(10)23-14(13)18-16-21(15)19-12(24-16)9-20-7-5-17-6-8-20/h10-11,17H,1-9H2. The summed E-state index contributed by atoms with van der Waals surface area (Å²) in [5, 5.41) is 10.5. The Morgan fingerprint density at radius 3 is 2.92 bits per heavy atom. The van der Waals surface area contributed by atoms with Gasteiger partial charge in [0.25, 0.3) is 5.56 Å². The summed E-state index contributed by atoms with van der Waals surface area (Å²) in [5.41, 5.74) is 1.03. The Balaban J connectivity index is 1.50. The zero-order valence-corrected chi connectivity index (χ0v) is 15.2. The van der Waals surface area contributed by atoms with Crippen molar-refractivity contribution < 1.29 is 0 Å². The highest BCUT2D eigenvalue weighted by atomic mass is 32.2. The molecular weight excluding hydrogens is 342 g/mol. The average Bonchev–Trinajstić information content (AvgIpc) is 3.17. The van der Waals surface area contributed by atoms with Gasteiger partial charge in [0.05, 0.1) is 12.1 Å². The summed E-state index contributed by atoms with van der Waals surface area (Å²) in [6.45, 7) is 4.94. The van der Waals surface area contributed by atoms with E-state index >= 15 is 0 Å². The summed E-state index contributed by atoms with van der Waals surface area (Å²) >= 11 is 3.40. The zero-order valence-electron chi connectivity index (χ0n) is 13.5. The highest BCUT2D eigenvalue weighted by molar-refractivity contribution is 8.00. The van der Waals surface area contributed by atoms with Gasteiger partial charge in [-0.2, -0.15) is 9.61 Å². The summed E-state index contributed by atoms with van der Waals surface area (Å²) in [7, 11) is 0. The molecule has 0 aromatic carbocycles. The number of nitrogens with zero attached hydrogens (tertiary/aromatic N) is 4. The molecule has 0 radical (unpaired) electrons. The van der Waals surface area contributed by atoms with Crippen LogP contribution >= 0.6 is 23.1 Å². The molecule has 2 atom stereocenters. The van der Waals surface area contributed by atoms with Gasteiger partial charge in [0.15, 0.2) is 0 Å². The number of piperazine rings is 1. The molecule has 0 bridgehead atoms. The second-order valence-electron chi connectivity index (χ2n) is 6.90. The van der Waals surface area contributed by atoms with Gasteiger partial charge in [0.2, 0.25) is 4.96 Å². The third-order valence-electron chi connectivity index (χ3n) is 5.36. The van der Waals surface area contributed by atoms with E-state index in [9.17, 15) is 4.79 Å². The largest absolute Gasteiger partial charge is 0.314 e.